The van der Waals surface area contributed by atoms with Crippen molar-refractivity contribution in [2.75, 3.05) is 14.2 Å². The smallest absolute Gasteiger partial charge is 0.123 e. The molecule has 0 amide bonds. The highest BCUT2D eigenvalue weighted by Crippen LogP contribution is 2.27. The quantitative estimate of drug-likeness (QED) is 0.910. The van der Waals surface area contributed by atoms with Gasteiger partial charge in [0.1, 0.15) is 5.75 Å². The van der Waals surface area contributed by atoms with Gasteiger partial charge < -0.3 is 10.1 Å². The molecule has 1 N–H and O–H groups in total. The van der Waals surface area contributed by atoms with E-state index in [9.17, 15) is 0 Å². The van der Waals surface area contributed by atoms with E-state index in [2.05, 4.69) is 42.5 Å². The summed E-state index contributed by atoms with van der Waals surface area (Å²) in [7, 11) is 3.68. The van der Waals surface area contributed by atoms with Gasteiger partial charge in [-0.2, -0.15) is 5.10 Å². The lowest BCUT2D eigenvalue weighted by Gasteiger charge is -2.20. The van der Waals surface area contributed by atoms with Crippen LogP contribution in [-0.4, -0.2) is 23.9 Å². The highest BCUT2D eigenvalue weighted by Gasteiger charge is 2.16. The summed E-state index contributed by atoms with van der Waals surface area (Å²) < 4.78 is 7.53. The van der Waals surface area contributed by atoms with Crippen molar-refractivity contribution >= 4 is 0 Å². The maximum Gasteiger partial charge on any atom is 0.123 e. The van der Waals surface area contributed by atoms with Gasteiger partial charge in [-0.25, -0.2) is 0 Å². The summed E-state index contributed by atoms with van der Waals surface area (Å²) in [6.45, 7) is 6.99. The molecule has 1 aromatic heterocycles. The molecule has 2 rings (SSSR count). The summed E-state index contributed by atoms with van der Waals surface area (Å²) in [6.07, 6.45) is 0. The minimum atomic E-state index is 0.169. The molecular weight excluding hydrogens is 250 g/mol. The van der Waals surface area contributed by atoms with E-state index >= 15 is 0 Å². The molecule has 4 nitrogen and oxygen atoms in total. The van der Waals surface area contributed by atoms with Crippen LogP contribution >= 0.6 is 0 Å². The second-order valence-corrected chi connectivity index (χ2v) is 5.20. The highest BCUT2D eigenvalue weighted by molar-refractivity contribution is 5.39. The molecule has 0 fully saturated rings. The molecule has 0 bridgehead atoms. The third-order valence-electron chi connectivity index (χ3n) is 3.57. The van der Waals surface area contributed by atoms with Gasteiger partial charge in [-0.1, -0.05) is 17.7 Å². The van der Waals surface area contributed by atoms with E-state index in [1.807, 2.05) is 24.7 Å². The van der Waals surface area contributed by atoms with Crippen LogP contribution in [0.3, 0.4) is 0 Å². The average Bonchev–Trinajstić information content (AvgIpc) is 2.74. The van der Waals surface area contributed by atoms with E-state index in [-0.39, 0.29) is 6.04 Å². The molecule has 4 heteroatoms. The van der Waals surface area contributed by atoms with Crippen molar-refractivity contribution in [2.24, 2.45) is 0 Å². The first-order valence-electron chi connectivity index (χ1n) is 6.88. The van der Waals surface area contributed by atoms with Crippen molar-refractivity contribution in [3.05, 3.63) is 46.8 Å². The van der Waals surface area contributed by atoms with Crippen LogP contribution in [0, 0.1) is 20.8 Å². The van der Waals surface area contributed by atoms with Crippen molar-refractivity contribution in [1.82, 2.24) is 15.1 Å². The molecule has 1 unspecified atom stereocenters. The summed E-state index contributed by atoms with van der Waals surface area (Å²) >= 11 is 0. The number of aryl methyl sites for hydroxylation is 3. The summed E-state index contributed by atoms with van der Waals surface area (Å²) in [4.78, 5) is 0. The number of rotatable bonds is 5. The number of nitrogens with one attached hydrogen (secondary N) is 1. The molecule has 0 radical (unpaired) electrons. The third-order valence-corrected chi connectivity index (χ3v) is 3.57. The number of benzene rings is 1. The van der Waals surface area contributed by atoms with Crippen molar-refractivity contribution in [1.29, 1.82) is 0 Å². The Bertz CT molecular complexity index is 589. The average molecular weight is 273 g/mol. The van der Waals surface area contributed by atoms with Crippen LogP contribution in [0.5, 0.6) is 5.75 Å². The van der Waals surface area contributed by atoms with E-state index in [1.165, 1.54) is 16.8 Å². The molecule has 108 valence electrons. The number of ether oxygens (including phenoxy) is 1. The van der Waals surface area contributed by atoms with Crippen LogP contribution in [0.2, 0.25) is 0 Å². The third kappa shape index (κ3) is 3.02. The summed E-state index contributed by atoms with van der Waals surface area (Å²) in [6, 6.07) is 8.53. The zero-order chi connectivity index (χ0) is 14.7. The van der Waals surface area contributed by atoms with Gasteiger partial charge in [0.2, 0.25) is 0 Å². The maximum atomic E-state index is 5.49. The zero-order valence-electron chi connectivity index (χ0n) is 12.9. The topological polar surface area (TPSA) is 39.1 Å². The first-order valence-corrected chi connectivity index (χ1v) is 6.88. The lowest BCUT2D eigenvalue weighted by Crippen LogP contribution is -2.23. The highest BCUT2D eigenvalue weighted by atomic mass is 16.5. The van der Waals surface area contributed by atoms with E-state index in [1.54, 1.807) is 7.11 Å². The second kappa shape index (κ2) is 6.09. The molecular formula is C16H23N3O. The van der Waals surface area contributed by atoms with Crippen LogP contribution in [0.4, 0.5) is 0 Å². The van der Waals surface area contributed by atoms with Gasteiger partial charge in [0.15, 0.2) is 0 Å². The molecule has 0 saturated carbocycles. The van der Waals surface area contributed by atoms with E-state index in [0.29, 0.717) is 0 Å². The number of methoxy groups -OCH3 is 1. The van der Waals surface area contributed by atoms with Crippen LogP contribution < -0.4 is 10.1 Å². The van der Waals surface area contributed by atoms with Crippen molar-refractivity contribution < 1.29 is 4.74 Å². The lowest BCUT2D eigenvalue weighted by molar-refractivity contribution is 0.389. The normalized spacial score (nSPS) is 12.4. The molecule has 0 aliphatic carbocycles. The summed E-state index contributed by atoms with van der Waals surface area (Å²) in [5.41, 5.74) is 4.62. The fourth-order valence-corrected chi connectivity index (χ4v) is 2.50. The molecule has 1 heterocycles. The Labute approximate surface area is 120 Å². The molecule has 0 aliphatic rings. The number of hydrogen-bond acceptors (Lipinski definition) is 3. The van der Waals surface area contributed by atoms with Crippen molar-refractivity contribution in [3.8, 4) is 5.75 Å². The number of aromatic nitrogens is 2. The lowest BCUT2D eigenvalue weighted by atomic mass is 10.0. The minimum absolute atomic E-state index is 0.169. The molecule has 20 heavy (non-hydrogen) atoms. The predicted molar refractivity (Wildman–Crippen MR) is 81.2 cm³/mol. The first kappa shape index (κ1) is 14.6. The molecule has 1 aromatic carbocycles. The van der Waals surface area contributed by atoms with Crippen molar-refractivity contribution in [2.45, 2.75) is 33.4 Å². The van der Waals surface area contributed by atoms with Gasteiger partial charge >= 0.3 is 0 Å². The fraction of sp³-hybridized carbons (Fsp3) is 0.438. The Balaban J connectivity index is 2.33. The van der Waals surface area contributed by atoms with Gasteiger partial charge in [-0.15, -0.1) is 0 Å². The van der Waals surface area contributed by atoms with Crippen LogP contribution in [-0.2, 0) is 6.54 Å². The Hall–Kier alpha value is -1.81. The monoisotopic (exact) mass is 273 g/mol. The minimum Gasteiger partial charge on any atom is -0.496 e. The second-order valence-electron chi connectivity index (χ2n) is 5.20. The molecule has 1 atom stereocenters. The first-order chi connectivity index (χ1) is 9.55. The van der Waals surface area contributed by atoms with E-state index < -0.39 is 0 Å². The molecule has 0 aliphatic heterocycles. The Morgan fingerprint density at radius 1 is 1.25 bits per heavy atom. The number of likely N-dealkylation sites (N-methyl/N-ethyl adjacent to an activating group) is 1. The van der Waals surface area contributed by atoms with E-state index in [4.69, 9.17) is 4.74 Å². The summed E-state index contributed by atoms with van der Waals surface area (Å²) in [5, 5.41) is 7.90. The van der Waals surface area contributed by atoms with Crippen LogP contribution in [0.1, 0.15) is 28.6 Å². The van der Waals surface area contributed by atoms with Gasteiger partial charge in [-0.3, -0.25) is 4.68 Å². The maximum absolute atomic E-state index is 5.49. The number of nitrogens with zero attached hydrogens (tertiary/aromatic N) is 2. The zero-order valence-corrected chi connectivity index (χ0v) is 12.9. The van der Waals surface area contributed by atoms with Crippen LogP contribution in [0.25, 0.3) is 0 Å². The van der Waals surface area contributed by atoms with Gasteiger partial charge in [0, 0.05) is 11.3 Å². The molecule has 2 aromatic rings. The standard InChI is InChI=1S/C16H23N3O/c1-11-6-7-16(20-5)14(8-11)15(17-4)10-19-13(3)9-12(2)18-19/h6-9,15,17H,10H2,1-5H3. The SMILES string of the molecule is CNC(Cn1nc(C)cc1C)c1cc(C)ccc1OC. The van der Waals surface area contributed by atoms with Crippen LogP contribution in [0.15, 0.2) is 24.3 Å². The van der Waals surface area contributed by atoms with Gasteiger partial charge in [0.25, 0.3) is 0 Å². The summed E-state index contributed by atoms with van der Waals surface area (Å²) in [5.74, 6) is 0.913. The number of hydrogen-bond donors (Lipinski definition) is 1. The van der Waals surface area contributed by atoms with Gasteiger partial charge in [-0.05, 0) is 40.0 Å². The fourth-order valence-electron chi connectivity index (χ4n) is 2.50. The Morgan fingerprint density at radius 2 is 2.00 bits per heavy atom. The molecule has 0 saturated heterocycles. The Morgan fingerprint density at radius 3 is 2.55 bits per heavy atom. The predicted octanol–water partition coefficient (Wildman–Crippen LogP) is 2.78. The largest absolute Gasteiger partial charge is 0.496 e. The molecule has 0 spiro atoms. The van der Waals surface area contributed by atoms with Gasteiger partial charge in [0.05, 0.1) is 25.4 Å². The van der Waals surface area contributed by atoms with Crippen molar-refractivity contribution in [3.63, 3.8) is 0 Å². The Kier molecular flexibility index (Phi) is 4.45. The van der Waals surface area contributed by atoms with E-state index in [0.717, 1.165) is 18.0 Å².